The molecule has 0 saturated carbocycles. The zero-order valence-electron chi connectivity index (χ0n) is 16.7. The van der Waals surface area contributed by atoms with E-state index in [1.54, 1.807) is 30.3 Å². The van der Waals surface area contributed by atoms with E-state index in [1.807, 2.05) is 6.20 Å². The van der Waals surface area contributed by atoms with Crippen LogP contribution < -0.4 is 10.6 Å². The molecule has 2 atom stereocenters. The Kier molecular flexibility index (Phi) is 11.2. The Morgan fingerprint density at radius 2 is 2.22 bits per heavy atom. The molecule has 2 rings (SSSR count). The van der Waals surface area contributed by atoms with Crippen molar-refractivity contribution in [3.8, 4) is 0 Å². The molecule has 27 heavy (non-hydrogen) atoms. The summed E-state index contributed by atoms with van der Waals surface area (Å²) in [4.78, 5) is 23.5. The van der Waals surface area contributed by atoms with Gasteiger partial charge in [-0.2, -0.15) is 0 Å². The second-order valence-corrected chi connectivity index (χ2v) is 8.18. The Bertz CT molecular complexity index is 602. The van der Waals surface area contributed by atoms with Gasteiger partial charge in [-0.3, -0.25) is 4.79 Å². The molecule has 1 amide bonds. The summed E-state index contributed by atoms with van der Waals surface area (Å²) in [6.45, 7) is 6.56. The first-order valence-electron chi connectivity index (χ1n) is 9.22. The predicted octanol–water partition coefficient (Wildman–Crippen LogP) is 2.37. The Balaban J connectivity index is 0.00000364. The second kappa shape index (κ2) is 12.5. The second-order valence-electron chi connectivity index (χ2n) is 6.91. The highest BCUT2D eigenvalue weighted by Crippen LogP contribution is 2.20. The molecular formula is C18H32IN5O2S. The maximum atomic E-state index is 11.8. The number of nitrogens with zero attached hydrogens (tertiary/aromatic N) is 3. The van der Waals surface area contributed by atoms with Gasteiger partial charge in [0.1, 0.15) is 6.54 Å². The van der Waals surface area contributed by atoms with Gasteiger partial charge in [-0.05, 0) is 26.2 Å². The van der Waals surface area contributed by atoms with Crippen molar-refractivity contribution >= 4 is 47.2 Å². The average Bonchev–Trinajstić information content (AvgIpc) is 3.07. The molecule has 2 unspecified atom stereocenters. The van der Waals surface area contributed by atoms with Gasteiger partial charge in [-0.15, -0.1) is 35.3 Å². The van der Waals surface area contributed by atoms with E-state index in [2.05, 4.69) is 34.5 Å². The number of aliphatic imine (C=N–C) groups is 1. The molecule has 1 aromatic heterocycles. The molecule has 7 nitrogen and oxygen atoms in total. The maximum Gasteiger partial charge on any atom is 0.243 e. The summed E-state index contributed by atoms with van der Waals surface area (Å²) < 4.78 is 5.76. The van der Waals surface area contributed by atoms with Crippen LogP contribution in [0.1, 0.15) is 42.0 Å². The van der Waals surface area contributed by atoms with Crippen LogP contribution >= 0.6 is 35.3 Å². The lowest BCUT2D eigenvalue weighted by atomic mass is 10.1. The van der Waals surface area contributed by atoms with Crippen LogP contribution in [-0.4, -0.2) is 68.2 Å². The van der Waals surface area contributed by atoms with E-state index < -0.39 is 0 Å². The third kappa shape index (κ3) is 8.73. The number of nitrogens with one attached hydrogen (secondary N) is 2. The monoisotopic (exact) mass is 509 g/mol. The topological polar surface area (TPSA) is 78.9 Å². The van der Waals surface area contributed by atoms with Crippen LogP contribution in [0.4, 0.5) is 0 Å². The van der Waals surface area contributed by atoms with Gasteiger partial charge in [0.25, 0.3) is 0 Å². The minimum absolute atomic E-state index is 0. The van der Waals surface area contributed by atoms with Crippen LogP contribution in [0.2, 0.25) is 0 Å². The van der Waals surface area contributed by atoms with Crippen LogP contribution in [0.5, 0.6) is 0 Å². The van der Waals surface area contributed by atoms with Crippen molar-refractivity contribution in [3.05, 3.63) is 16.1 Å². The number of ether oxygens (including phenoxy) is 1. The van der Waals surface area contributed by atoms with E-state index in [-0.39, 0.29) is 48.5 Å². The molecular weight excluding hydrogens is 477 g/mol. The number of aryl methyl sites for hydroxylation is 1. The first-order chi connectivity index (χ1) is 12.5. The maximum absolute atomic E-state index is 11.8. The fourth-order valence-corrected chi connectivity index (χ4v) is 3.40. The lowest BCUT2D eigenvalue weighted by Gasteiger charge is -2.24. The standard InChI is InChI=1S/C18H31N5O2S.HI/c1-13(17-19-10-14(2)26-17)9-20-18(22-12-16(24)23(3)4)21-11-15-7-5-6-8-25-15;/h10,13,15H,5-9,11-12H2,1-4H3,(H2,20,21,22);1H. The van der Waals surface area contributed by atoms with Gasteiger partial charge >= 0.3 is 0 Å². The number of likely N-dealkylation sites (N-methyl/N-ethyl adjacent to an activating group) is 1. The van der Waals surface area contributed by atoms with Crippen LogP contribution in [0.3, 0.4) is 0 Å². The van der Waals surface area contributed by atoms with Crippen molar-refractivity contribution in [2.75, 3.05) is 40.3 Å². The molecule has 1 aliphatic rings. The predicted molar refractivity (Wildman–Crippen MR) is 121 cm³/mol. The number of thiazole rings is 1. The Hall–Kier alpha value is -0.940. The highest BCUT2D eigenvalue weighted by molar-refractivity contribution is 14.0. The molecule has 1 aliphatic heterocycles. The number of amides is 1. The summed E-state index contributed by atoms with van der Waals surface area (Å²) in [6.07, 6.45) is 5.51. The summed E-state index contributed by atoms with van der Waals surface area (Å²) in [7, 11) is 3.47. The molecule has 0 aliphatic carbocycles. The largest absolute Gasteiger partial charge is 0.376 e. The number of carbonyl (C=O) groups excluding carboxylic acids is 1. The average molecular weight is 509 g/mol. The van der Waals surface area contributed by atoms with Gasteiger partial charge in [-0.25, -0.2) is 9.98 Å². The number of carbonyl (C=O) groups is 1. The molecule has 1 fully saturated rings. The number of rotatable bonds is 7. The Labute approximate surface area is 183 Å². The first-order valence-corrected chi connectivity index (χ1v) is 10.0. The van der Waals surface area contributed by atoms with Crippen LogP contribution in [-0.2, 0) is 9.53 Å². The summed E-state index contributed by atoms with van der Waals surface area (Å²) >= 11 is 1.71. The van der Waals surface area contributed by atoms with E-state index in [1.165, 1.54) is 11.3 Å². The fraction of sp³-hybridized carbons (Fsp3) is 0.722. The quantitative estimate of drug-likeness (QED) is 0.335. The van der Waals surface area contributed by atoms with E-state index >= 15 is 0 Å². The molecule has 0 spiro atoms. The summed E-state index contributed by atoms with van der Waals surface area (Å²) in [5.74, 6) is 0.897. The summed E-state index contributed by atoms with van der Waals surface area (Å²) in [6, 6.07) is 0. The van der Waals surface area contributed by atoms with Crippen molar-refractivity contribution in [1.82, 2.24) is 20.5 Å². The smallest absolute Gasteiger partial charge is 0.243 e. The van der Waals surface area contributed by atoms with Gasteiger partial charge in [0.2, 0.25) is 5.91 Å². The fourth-order valence-electron chi connectivity index (χ4n) is 2.58. The molecule has 1 aromatic rings. The first kappa shape index (κ1) is 24.1. The molecule has 154 valence electrons. The Morgan fingerprint density at radius 1 is 1.44 bits per heavy atom. The highest BCUT2D eigenvalue weighted by Gasteiger charge is 2.15. The van der Waals surface area contributed by atoms with Crippen LogP contribution in [0.25, 0.3) is 0 Å². The molecule has 0 radical (unpaired) electrons. The zero-order valence-corrected chi connectivity index (χ0v) is 19.8. The highest BCUT2D eigenvalue weighted by atomic mass is 127. The number of hydrogen-bond acceptors (Lipinski definition) is 5. The summed E-state index contributed by atoms with van der Waals surface area (Å²) in [5.41, 5.74) is 0. The third-order valence-electron chi connectivity index (χ3n) is 4.28. The van der Waals surface area contributed by atoms with Crippen molar-refractivity contribution in [1.29, 1.82) is 0 Å². The number of guanidine groups is 1. The SMILES string of the molecule is Cc1cnc(C(C)CNC(=NCC(=O)N(C)C)NCC2CCCCO2)s1.I. The number of hydrogen-bond donors (Lipinski definition) is 2. The van der Waals surface area contributed by atoms with Gasteiger partial charge in [0.15, 0.2) is 5.96 Å². The molecule has 0 bridgehead atoms. The van der Waals surface area contributed by atoms with E-state index in [0.29, 0.717) is 19.0 Å². The van der Waals surface area contributed by atoms with Gasteiger partial charge in [0.05, 0.1) is 11.1 Å². The van der Waals surface area contributed by atoms with Crippen molar-refractivity contribution in [3.63, 3.8) is 0 Å². The summed E-state index contributed by atoms with van der Waals surface area (Å²) in [5, 5.41) is 7.77. The van der Waals surface area contributed by atoms with Crippen LogP contribution in [0.15, 0.2) is 11.2 Å². The molecule has 2 N–H and O–H groups in total. The normalized spacial score (nSPS) is 18.4. The number of halogens is 1. The third-order valence-corrected chi connectivity index (χ3v) is 5.42. The van der Waals surface area contributed by atoms with E-state index in [4.69, 9.17) is 4.74 Å². The molecule has 0 aromatic carbocycles. The van der Waals surface area contributed by atoms with Crippen molar-refractivity contribution < 1.29 is 9.53 Å². The van der Waals surface area contributed by atoms with Gasteiger partial charge in [0, 0.05) is 50.8 Å². The lowest BCUT2D eigenvalue weighted by molar-refractivity contribution is -0.127. The molecule has 9 heteroatoms. The lowest BCUT2D eigenvalue weighted by Crippen LogP contribution is -2.44. The van der Waals surface area contributed by atoms with E-state index in [9.17, 15) is 4.79 Å². The molecule has 1 saturated heterocycles. The molecule has 2 heterocycles. The van der Waals surface area contributed by atoms with Gasteiger partial charge in [-0.1, -0.05) is 6.92 Å². The van der Waals surface area contributed by atoms with Crippen molar-refractivity contribution in [2.24, 2.45) is 4.99 Å². The van der Waals surface area contributed by atoms with Crippen LogP contribution in [0, 0.1) is 6.92 Å². The van der Waals surface area contributed by atoms with E-state index in [0.717, 1.165) is 24.5 Å². The minimum atomic E-state index is -0.0244. The van der Waals surface area contributed by atoms with Crippen molar-refractivity contribution in [2.45, 2.75) is 45.1 Å². The zero-order chi connectivity index (χ0) is 18.9. The Morgan fingerprint density at radius 3 is 2.81 bits per heavy atom. The van der Waals surface area contributed by atoms with Gasteiger partial charge < -0.3 is 20.3 Å². The number of aromatic nitrogens is 1. The minimum Gasteiger partial charge on any atom is -0.376 e.